The number of hydrogen-bond donors (Lipinski definition) is 2. The number of rotatable bonds is 4. The van der Waals surface area contributed by atoms with Gasteiger partial charge in [-0.2, -0.15) is 0 Å². The molecule has 19 heavy (non-hydrogen) atoms. The van der Waals surface area contributed by atoms with Crippen LogP contribution in [0.1, 0.15) is 23.7 Å². The van der Waals surface area contributed by atoms with Crippen LogP contribution in [0, 0.1) is 11.6 Å². The zero-order valence-electron chi connectivity index (χ0n) is 10.6. The third-order valence-electron chi connectivity index (χ3n) is 2.78. The van der Waals surface area contributed by atoms with E-state index >= 15 is 0 Å². The van der Waals surface area contributed by atoms with Crippen molar-refractivity contribution in [1.29, 1.82) is 0 Å². The van der Waals surface area contributed by atoms with Crippen molar-refractivity contribution in [3.63, 3.8) is 0 Å². The topological polar surface area (TPSA) is 78.9 Å². The molecule has 7 heteroatoms. The first-order valence-electron chi connectivity index (χ1n) is 5.55. The summed E-state index contributed by atoms with van der Waals surface area (Å²) >= 11 is 0. The third-order valence-corrected chi connectivity index (χ3v) is 2.78. The van der Waals surface area contributed by atoms with Crippen LogP contribution in [0.5, 0.6) is 0 Å². The molecular formula is C12H15F2N3O2. The fraction of sp³-hybridized carbons (Fsp3) is 0.333. The van der Waals surface area contributed by atoms with Gasteiger partial charge in [-0.15, -0.1) is 0 Å². The maximum Gasteiger partial charge on any atom is 0.256 e. The van der Waals surface area contributed by atoms with Crippen molar-refractivity contribution in [3.05, 3.63) is 35.4 Å². The van der Waals surface area contributed by atoms with Crippen molar-refractivity contribution in [2.75, 3.05) is 7.05 Å². The highest BCUT2D eigenvalue weighted by Gasteiger charge is 2.21. The standard InChI is InChI=1S/C12H15F2N3O2/c1-7(5-11(15)16-19)17(2)12(18)9-4-3-8(13)6-10(9)14/h3-4,6-7,19H,5H2,1-2H3,(H2,15,16). The minimum absolute atomic E-state index is 0.0354. The molecular weight excluding hydrogens is 256 g/mol. The van der Waals surface area contributed by atoms with E-state index in [1.807, 2.05) is 0 Å². The lowest BCUT2D eigenvalue weighted by molar-refractivity contribution is 0.0742. The van der Waals surface area contributed by atoms with Crippen molar-refractivity contribution in [3.8, 4) is 0 Å². The lowest BCUT2D eigenvalue weighted by Crippen LogP contribution is -2.38. The second kappa shape index (κ2) is 6.12. The van der Waals surface area contributed by atoms with Crippen molar-refractivity contribution in [2.24, 2.45) is 10.9 Å². The van der Waals surface area contributed by atoms with Gasteiger partial charge in [0.1, 0.15) is 17.5 Å². The number of nitrogens with zero attached hydrogens (tertiary/aromatic N) is 2. The molecule has 0 saturated heterocycles. The van der Waals surface area contributed by atoms with E-state index in [1.54, 1.807) is 6.92 Å². The van der Waals surface area contributed by atoms with E-state index < -0.39 is 23.6 Å². The van der Waals surface area contributed by atoms with Gasteiger partial charge in [0.05, 0.1) is 5.56 Å². The SMILES string of the molecule is CC(CC(N)=NO)N(C)C(=O)c1ccc(F)cc1F. The number of nitrogens with two attached hydrogens (primary N) is 1. The summed E-state index contributed by atoms with van der Waals surface area (Å²) in [5.41, 5.74) is 5.11. The van der Waals surface area contributed by atoms with Crippen molar-refractivity contribution in [1.82, 2.24) is 4.90 Å². The van der Waals surface area contributed by atoms with Crippen LogP contribution in [0.4, 0.5) is 8.78 Å². The first kappa shape index (κ1) is 14.9. The Morgan fingerprint density at radius 2 is 2.16 bits per heavy atom. The van der Waals surface area contributed by atoms with Gasteiger partial charge in [-0.25, -0.2) is 8.78 Å². The lowest BCUT2D eigenvalue weighted by atomic mass is 10.1. The smallest absolute Gasteiger partial charge is 0.256 e. The van der Waals surface area contributed by atoms with Gasteiger partial charge in [0.25, 0.3) is 5.91 Å². The summed E-state index contributed by atoms with van der Waals surface area (Å²) in [5, 5.41) is 11.3. The largest absolute Gasteiger partial charge is 0.409 e. The van der Waals surface area contributed by atoms with Gasteiger partial charge in [0.2, 0.25) is 0 Å². The van der Waals surface area contributed by atoms with E-state index in [2.05, 4.69) is 5.16 Å². The van der Waals surface area contributed by atoms with Gasteiger partial charge in [-0.05, 0) is 19.1 Å². The first-order chi connectivity index (χ1) is 8.86. The van der Waals surface area contributed by atoms with E-state index in [4.69, 9.17) is 10.9 Å². The van der Waals surface area contributed by atoms with Crippen LogP contribution in [0.2, 0.25) is 0 Å². The normalized spacial score (nSPS) is 13.2. The zero-order valence-corrected chi connectivity index (χ0v) is 10.6. The molecule has 0 spiro atoms. The quantitative estimate of drug-likeness (QED) is 0.377. The molecule has 3 N–H and O–H groups in total. The highest BCUT2D eigenvalue weighted by molar-refractivity contribution is 5.94. The maximum atomic E-state index is 13.5. The summed E-state index contributed by atoms with van der Waals surface area (Å²) in [6.45, 7) is 1.66. The van der Waals surface area contributed by atoms with E-state index in [0.717, 1.165) is 12.1 Å². The van der Waals surface area contributed by atoms with Crippen molar-refractivity contribution < 1.29 is 18.8 Å². The predicted molar refractivity (Wildman–Crippen MR) is 65.9 cm³/mol. The molecule has 1 atom stereocenters. The molecule has 104 valence electrons. The minimum Gasteiger partial charge on any atom is -0.409 e. The lowest BCUT2D eigenvalue weighted by Gasteiger charge is -2.24. The van der Waals surface area contributed by atoms with Crippen LogP contribution in [-0.4, -0.2) is 34.9 Å². The Bertz CT molecular complexity index is 506. The molecule has 0 aromatic heterocycles. The second-order valence-corrected chi connectivity index (χ2v) is 4.18. The Kier molecular flexibility index (Phi) is 4.80. The molecule has 5 nitrogen and oxygen atoms in total. The van der Waals surface area contributed by atoms with Gasteiger partial charge < -0.3 is 15.8 Å². The maximum absolute atomic E-state index is 13.5. The van der Waals surface area contributed by atoms with Gasteiger partial charge in [0, 0.05) is 25.6 Å². The van der Waals surface area contributed by atoms with Crippen LogP contribution >= 0.6 is 0 Å². The molecule has 0 heterocycles. The van der Waals surface area contributed by atoms with Crippen LogP contribution in [-0.2, 0) is 0 Å². The van der Waals surface area contributed by atoms with E-state index in [0.29, 0.717) is 6.07 Å². The molecule has 0 bridgehead atoms. The van der Waals surface area contributed by atoms with Crippen LogP contribution in [0.3, 0.4) is 0 Å². The van der Waals surface area contributed by atoms with Crippen LogP contribution < -0.4 is 5.73 Å². The summed E-state index contributed by atoms with van der Waals surface area (Å²) in [6.07, 6.45) is 0.140. The van der Waals surface area contributed by atoms with Crippen molar-refractivity contribution in [2.45, 2.75) is 19.4 Å². The molecule has 0 saturated carbocycles. The average molecular weight is 271 g/mol. The zero-order chi connectivity index (χ0) is 14.6. The van der Waals surface area contributed by atoms with Crippen LogP contribution in [0.25, 0.3) is 0 Å². The number of halogens is 2. The Morgan fingerprint density at radius 3 is 2.68 bits per heavy atom. The Labute approximate surface area is 109 Å². The number of oxime groups is 1. The van der Waals surface area contributed by atoms with E-state index in [-0.39, 0.29) is 17.8 Å². The molecule has 0 aliphatic carbocycles. The first-order valence-corrected chi connectivity index (χ1v) is 5.55. The predicted octanol–water partition coefficient (Wildman–Crippen LogP) is 1.56. The third kappa shape index (κ3) is 3.64. The Balaban J connectivity index is 2.87. The highest BCUT2D eigenvalue weighted by atomic mass is 19.1. The molecule has 0 aliphatic rings. The Hall–Kier alpha value is -2.18. The monoisotopic (exact) mass is 271 g/mol. The molecule has 1 aromatic carbocycles. The summed E-state index contributed by atoms with van der Waals surface area (Å²) in [7, 11) is 1.46. The molecule has 0 fully saturated rings. The molecule has 1 rings (SSSR count). The summed E-state index contributed by atoms with van der Waals surface area (Å²) < 4.78 is 26.2. The van der Waals surface area contributed by atoms with Gasteiger partial charge >= 0.3 is 0 Å². The van der Waals surface area contributed by atoms with Crippen LogP contribution in [0.15, 0.2) is 23.4 Å². The van der Waals surface area contributed by atoms with Gasteiger partial charge in [-0.1, -0.05) is 5.16 Å². The number of amides is 1. The fourth-order valence-electron chi connectivity index (χ4n) is 1.53. The van der Waals surface area contributed by atoms with E-state index in [1.165, 1.54) is 11.9 Å². The molecule has 1 amide bonds. The van der Waals surface area contributed by atoms with Crippen molar-refractivity contribution >= 4 is 11.7 Å². The number of carbonyl (C=O) groups excluding carboxylic acids is 1. The van der Waals surface area contributed by atoms with E-state index in [9.17, 15) is 13.6 Å². The summed E-state index contributed by atoms with van der Waals surface area (Å²) in [5.74, 6) is -2.31. The Morgan fingerprint density at radius 1 is 1.53 bits per heavy atom. The minimum atomic E-state index is -0.923. The number of carbonyl (C=O) groups is 1. The summed E-state index contributed by atoms with van der Waals surface area (Å²) in [4.78, 5) is 13.3. The summed E-state index contributed by atoms with van der Waals surface area (Å²) in [6, 6.07) is 2.35. The molecule has 0 aliphatic heterocycles. The van der Waals surface area contributed by atoms with Gasteiger partial charge in [0.15, 0.2) is 0 Å². The fourth-order valence-corrected chi connectivity index (χ4v) is 1.53. The molecule has 1 unspecified atom stereocenters. The molecule has 0 radical (unpaired) electrons. The molecule has 1 aromatic rings. The number of hydrogen-bond acceptors (Lipinski definition) is 3. The number of amidine groups is 1. The second-order valence-electron chi connectivity index (χ2n) is 4.18. The average Bonchev–Trinajstić information content (AvgIpc) is 2.36. The highest BCUT2D eigenvalue weighted by Crippen LogP contribution is 2.14. The number of benzene rings is 1. The van der Waals surface area contributed by atoms with Gasteiger partial charge in [-0.3, -0.25) is 4.79 Å².